The van der Waals surface area contributed by atoms with Crippen LogP contribution in [-0.2, 0) is 4.79 Å². The van der Waals surface area contributed by atoms with E-state index in [1.54, 1.807) is 18.2 Å². The van der Waals surface area contributed by atoms with Gasteiger partial charge in [0.05, 0.1) is 0 Å². The zero-order valence-corrected chi connectivity index (χ0v) is 15.5. The molecular formula is C20H22Cl2N2O. The Morgan fingerprint density at radius 1 is 0.960 bits per heavy atom. The van der Waals surface area contributed by atoms with Crippen molar-refractivity contribution in [2.75, 3.05) is 5.32 Å². The molecule has 3 rings (SSSR count). The van der Waals surface area contributed by atoms with Crippen LogP contribution in [0.2, 0.25) is 10.0 Å². The lowest BCUT2D eigenvalue weighted by Gasteiger charge is -2.28. The van der Waals surface area contributed by atoms with Gasteiger partial charge in [-0.25, -0.2) is 0 Å². The lowest BCUT2D eigenvalue weighted by atomic mass is 9.93. The minimum Gasteiger partial charge on any atom is -0.324 e. The van der Waals surface area contributed by atoms with E-state index in [0.717, 1.165) is 18.4 Å². The second kappa shape index (κ2) is 8.70. The Balaban J connectivity index is 1.78. The monoisotopic (exact) mass is 376 g/mol. The molecule has 3 nitrogen and oxygen atoms in total. The normalized spacial score (nSPS) is 16.4. The summed E-state index contributed by atoms with van der Waals surface area (Å²) in [6.45, 7) is 0. The highest BCUT2D eigenvalue weighted by Crippen LogP contribution is 2.25. The second-order valence-corrected chi connectivity index (χ2v) is 7.37. The van der Waals surface area contributed by atoms with E-state index in [1.807, 2.05) is 30.3 Å². The first-order chi connectivity index (χ1) is 12.1. The molecule has 1 aliphatic rings. The van der Waals surface area contributed by atoms with Gasteiger partial charge in [-0.3, -0.25) is 10.1 Å². The molecule has 132 valence electrons. The maximum absolute atomic E-state index is 12.9. The number of nitrogens with one attached hydrogen (secondary N) is 2. The number of anilines is 1. The van der Waals surface area contributed by atoms with Crippen LogP contribution >= 0.6 is 23.2 Å². The van der Waals surface area contributed by atoms with E-state index < -0.39 is 6.04 Å². The van der Waals surface area contributed by atoms with E-state index in [9.17, 15) is 4.79 Å². The summed E-state index contributed by atoms with van der Waals surface area (Å²) >= 11 is 12.1. The van der Waals surface area contributed by atoms with E-state index in [0.29, 0.717) is 21.8 Å². The molecule has 0 aliphatic heterocycles. The first-order valence-electron chi connectivity index (χ1n) is 8.70. The number of carbonyl (C=O) groups is 1. The van der Waals surface area contributed by atoms with Crippen LogP contribution in [0.5, 0.6) is 0 Å². The van der Waals surface area contributed by atoms with Crippen LogP contribution in [-0.4, -0.2) is 11.9 Å². The van der Waals surface area contributed by atoms with Gasteiger partial charge in [0, 0.05) is 21.8 Å². The van der Waals surface area contributed by atoms with Crippen molar-refractivity contribution in [1.29, 1.82) is 0 Å². The predicted molar refractivity (Wildman–Crippen MR) is 104 cm³/mol. The number of rotatable bonds is 5. The molecule has 1 saturated carbocycles. The van der Waals surface area contributed by atoms with E-state index in [2.05, 4.69) is 10.6 Å². The van der Waals surface area contributed by atoms with Crippen LogP contribution in [0, 0.1) is 0 Å². The summed E-state index contributed by atoms with van der Waals surface area (Å²) in [4.78, 5) is 12.9. The van der Waals surface area contributed by atoms with Crippen molar-refractivity contribution in [1.82, 2.24) is 5.32 Å². The van der Waals surface area contributed by atoms with Gasteiger partial charge in [0.1, 0.15) is 6.04 Å². The highest BCUT2D eigenvalue weighted by atomic mass is 35.5. The van der Waals surface area contributed by atoms with Gasteiger partial charge in [-0.15, -0.1) is 0 Å². The number of benzene rings is 2. The van der Waals surface area contributed by atoms with Gasteiger partial charge in [0.15, 0.2) is 0 Å². The number of halogens is 2. The molecular weight excluding hydrogens is 355 g/mol. The van der Waals surface area contributed by atoms with Gasteiger partial charge in [0.25, 0.3) is 0 Å². The Morgan fingerprint density at radius 3 is 2.24 bits per heavy atom. The topological polar surface area (TPSA) is 41.1 Å². The third-order valence-electron chi connectivity index (χ3n) is 4.53. The van der Waals surface area contributed by atoms with E-state index >= 15 is 0 Å². The SMILES string of the molecule is O=C(Nc1cc(Cl)cc(Cl)c1)C(NC1CCCCC1)c1ccccc1. The summed E-state index contributed by atoms with van der Waals surface area (Å²) < 4.78 is 0. The average Bonchev–Trinajstić information content (AvgIpc) is 2.60. The summed E-state index contributed by atoms with van der Waals surface area (Å²) in [5.41, 5.74) is 1.56. The van der Waals surface area contributed by atoms with Crippen molar-refractivity contribution < 1.29 is 4.79 Å². The summed E-state index contributed by atoms with van der Waals surface area (Å²) in [6, 6.07) is 14.8. The van der Waals surface area contributed by atoms with E-state index in [1.165, 1.54) is 19.3 Å². The predicted octanol–water partition coefficient (Wildman–Crippen LogP) is 5.60. The van der Waals surface area contributed by atoms with Crippen LogP contribution < -0.4 is 10.6 Å². The molecule has 0 spiro atoms. The molecule has 2 aromatic carbocycles. The lowest BCUT2D eigenvalue weighted by Crippen LogP contribution is -2.40. The van der Waals surface area contributed by atoms with Gasteiger partial charge in [-0.05, 0) is 36.6 Å². The fourth-order valence-corrected chi connectivity index (χ4v) is 3.84. The molecule has 25 heavy (non-hydrogen) atoms. The first kappa shape index (κ1) is 18.2. The summed E-state index contributed by atoms with van der Waals surface area (Å²) in [5.74, 6) is -0.102. The Kier molecular flexibility index (Phi) is 6.35. The van der Waals surface area contributed by atoms with Crippen molar-refractivity contribution in [2.45, 2.75) is 44.2 Å². The molecule has 0 heterocycles. The second-order valence-electron chi connectivity index (χ2n) is 6.49. The van der Waals surface area contributed by atoms with Crippen molar-refractivity contribution in [3.05, 3.63) is 64.1 Å². The highest BCUT2D eigenvalue weighted by molar-refractivity contribution is 6.35. The number of amides is 1. The van der Waals surface area contributed by atoms with Gasteiger partial charge in [0.2, 0.25) is 5.91 Å². The number of hydrogen-bond donors (Lipinski definition) is 2. The van der Waals surface area contributed by atoms with Crippen molar-refractivity contribution in [2.24, 2.45) is 0 Å². The molecule has 2 aromatic rings. The Labute approximate surface area is 158 Å². The lowest BCUT2D eigenvalue weighted by molar-refractivity contribution is -0.118. The zero-order valence-electron chi connectivity index (χ0n) is 14.0. The Hall–Kier alpha value is -1.55. The van der Waals surface area contributed by atoms with Crippen LogP contribution in [0.1, 0.15) is 43.7 Å². The molecule has 1 unspecified atom stereocenters. The third kappa shape index (κ3) is 5.21. The number of hydrogen-bond acceptors (Lipinski definition) is 2. The zero-order chi connectivity index (χ0) is 17.6. The molecule has 5 heteroatoms. The molecule has 0 aromatic heterocycles. The minimum atomic E-state index is -0.401. The molecule has 1 atom stereocenters. The van der Waals surface area contributed by atoms with Crippen LogP contribution in [0.15, 0.2) is 48.5 Å². The molecule has 0 radical (unpaired) electrons. The molecule has 0 saturated heterocycles. The summed E-state index contributed by atoms with van der Waals surface area (Å²) in [6.07, 6.45) is 5.93. The van der Waals surface area contributed by atoms with Crippen LogP contribution in [0.4, 0.5) is 5.69 Å². The minimum absolute atomic E-state index is 0.102. The largest absolute Gasteiger partial charge is 0.324 e. The number of carbonyl (C=O) groups excluding carboxylic acids is 1. The highest BCUT2D eigenvalue weighted by Gasteiger charge is 2.25. The van der Waals surface area contributed by atoms with Gasteiger partial charge in [-0.2, -0.15) is 0 Å². The fraction of sp³-hybridized carbons (Fsp3) is 0.350. The van der Waals surface area contributed by atoms with Crippen molar-refractivity contribution in [3.63, 3.8) is 0 Å². The van der Waals surface area contributed by atoms with Crippen LogP contribution in [0.3, 0.4) is 0 Å². The molecule has 1 aliphatic carbocycles. The third-order valence-corrected chi connectivity index (χ3v) is 4.97. The molecule has 0 bridgehead atoms. The van der Waals surface area contributed by atoms with E-state index in [4.69, 9.17) is 23.2 Å². The molecule has 1 amide bonds. The Morgan fingerprint density at radius 2 is 1.60 bits per heavy atom. The fourth-order valence-electron chi connectivity index (χ4n) is 3.31. The first-order valence-corrected chi connectivity index (χ1v) is 9.45. The van der Waals surface area contributed by atoms with E-state index in [-0.39, 0.29) is 5.91 Å². The Bertz CT molecular complexity index is 695. The smallest absolute Gasteiger partial charge is 0.246 e. The van der Waals surface area contributed by atoms with Crippen molar-refractivity contribution in [3.8, 4) is 0 Å². The van der Waals surface area contributed by atoms with Gasteiger partial charge < -0.3 is 5.32 Å². The van der Waals surface area contributed by atoms with Gasteiger partial charge in [-0.1, -0.05) is 72.8 Å². The standard InChI is InChI=1S/C20H22Cl2N2O/c21-15-11-16(22)13-18(12-15)24-20(25)19(14-7-3-1-4-8-14)23-17-9-5-2-6-10-17/h1,3-4,7-8,11-13,17,19,23H,2,5-6,9-10H2,(H,24,25). The van der Waals surface area contributed by atoms with Crippen LogP contribution in [0.25, 0.3) is 0 Å². The van der Waals surface area contributed by atoms with Crippen molar-refractivity contribution >= 4 is 34.8 Å². The summed E-state index contributed by atoms with van der Waals surface area (Å²) in [7, 11) is 0. The molecule has 2 N–H and O–H groups in total. The average molecular weight is 377 g/mol. The molecule has 1 fully saturated rings. The summed E-state index contributed by atoms with van der Waals surface area (Å²) in [5, 5.41) is 7.48. The maximum atomic E-state index is 12.9. The maximum Gasteiger partial charge on any atom is 0.246 e. The van der Waals surface area contributed by atoms with Gasteiger partial charge >= 0.3 is 0 Å². The quantitative estimate of drug-likeness (QED) is 0.713.